The second-order valence-electron chi connectivity index (χ2n) is 3.97. The lowest BCUT2D eigenvalue weighted by Crippen LogP contribution is -2.33. The molecule has 20 heavy (non-hydrogen) atoms. The molecule has 6 nitrogen and oxygen atoms in total. The first kappa shape index (κ1) is 14.7. The smallest absolute Gasteiger partial charge is 0.325 e. The van der Waals surface area contributed by atoms with E-state index in [-0.39, 0.29) is 12.3 Å². The van der Waals surface area contributed by atoms with Crippen molar-refractivity contribution in [3.8, 4) is 0 Å². The summed E-state index contributed by atoms with van der Waals surface area (Å²) in [5.41, 5.74) is 0.139. The number of nitrogens with zero attached hydrogens (tertiary/aromatic N) is 1. The van der Waals surface area contributed by atoms with E-state index in [1.165, 1.54) is 16.4 Å². The number of para-hydroxylation sites is 1. The van der Waals surface area contributed by atoms with Crippen LogP contribution in [-0.4, -0.2) is 16.9 Å². The van der Waals surface area contributed by atoms with Gasteiger partial charge < -0.3 is 5.32 Å². The predicted octanol–water partition coefficient (Wildman–Crippen LogP) is 1.57. The molecule has 0 fully saturated rings. The average molecular weight is 315 g/mol. The van der Waals surface area contributed by atoms with Gasteiger partial charge in [0.05, 0.1) is 10.7 Å². The molecule has 0 aliphatic heterocycles. The van der Waals surface area contributed by atoms with Crippen molar-refractivity contribution in [2.75, 3.05) is 11.1 Å². The Kier molecular flexibility index (Phi) is 4.86. The Morgan fingerprint density at radius 2 is 2.25 bits per heavy atom. The minimum absolute atomic E-state index is 0.159. The monoisotopic (exact) mass is 314 g/mol. The molecule has 1 aromatic carbocycles. The van der Waals surface area contributed by atoms with Crippen molar-refractivity contribution in [3.63, 3.8) is 0 Å². The zero-order valence-corrected chi connectivity index (χ0v) is 12.3. The highest BCUT2D eigenvalue weighted by Gasteiger charge is 2.18. The van der Waals surface area contributed by atoms with Crippen LogP contribution >= 0.6 is 23.4 Å². The first-order chi connectivity index (χ1) is 9.58. The highest BCUT2D eigenvalue weighted by Crippen LogP contribution is 2.20. The number of halogens is 1. The second kappa shape index (κ2) is 6.62. The molecule has 0 bridgehead atoms. The summed E-state index contributed by atoms with van der Waals surface area (Å²) < 4.78 is 6.08. The van der Waals surface area contributed by atoms with E-state index in [0.717, 1.165) is 0 Å². The standard InChI is InChI=1S/C12H12ClN3O3S/c1-16-11(12(18)19-15-16)20-7-6-10(17)14-9-5-3-2-4-8(9)13/h2-5H,6-7H2,1H3,(H-,14,15,17,18)/p+1. The van der Waals surface area contributed by atoms with Crippen LogP contribution in [0.1, 0.15) is 6.42 Å². The topological polar surface area (TPSA) is 79.0 Å². The summed E-state index contributed by atoms with van der Waals surface area (Å²) in [6.45, 7) is 0. The average Bonchev–Trinajstić information content (AvgIpc) is 2.73. The number of carbonyl (C=O) groups excluding carboxylic acids is 1. The van der Waals surface area contributed by atoms with Crippen molar-refractivity contribution < 1.29 is 14.0 Å². The number of amides is 1. The van der Waals surface area contributed by atoms with Gasteiger partial charge in [-0.1, -0.05) is 28.4 Å². The highest BCUT2D eigenvalue weighted by atomic mass is 35.5. The second-order valence-corrected chi connectivity index (χ2v) is 5.46. The third-order valence-electron chi connectivity index (χ3n) is 2.47. The number of nitrogens with one attached hydrogen (secondary N) is 2. The van der Waals surface area contributed by atoms with Crippen LogP contribution in [0.25, 0.3) is 0 Å². The molecule has 2 aromatic rings. The van der Waals surface area contributed by atoms with Crippen LogP contribution in [0.5, 0.6) is 0 Å². The van der Waals surface area contributed by atoms with Gasteiger partial charge in [-0.25, -0.2) is 4.79 Å². The van der Waals surface area contributed by atoms with Crippen LogP contribution in [0.2, 0.25) is 5.02 Å². The van der Waals surface area contributed by atoms with Crippen molar-refractivity contribution in [2.45, 2.75) is 11.4 Å². The van der Waals surface area contributed by atoms with Crippen LogP contribution in [0.3, 0.4) is 0 Å². The number of thioether (sulfide) groups is 1. The molecule has 0 saturated heterocycles. The summed E-state index contributed by atoms with van der Waals surface area (Å²) >= 11 is 7.20. The minimum Gasteiger partial charge on any atom is -0.325 e. The lowest BCUT2D eigenvalue weighted by atomic mass is 10.3. The molecule has 106 valence electrons. The van der Waals surface area contributed by atoms with Gasteiger partial charge in [-0.2, -0.15) is 0 Å². The molecular formula is C12H13ClN3O3S+. The summed E-state index contributed by atoms with van der Waals surface area (Å²) in [6.07, 6.45) is 0.264. The van der Waals surface area contributed by atoms with Gasteiger partial charge >= 0.3 is 10.7 Å². The highest BCUT2D eigenvalue weighted by molar-refractivity contribution is 7.99. The maximum Gasteiger partial charge on any atom is 0.441 e. The third-order valence-corrected chi connectivity index (χ3v) is 3.92. The predicted molar refractivity (Wildman–Crippen MR) is 75.9 cm³/mol. The molecule has 0 aliphatic carbocycles. The van der Waals surface area contributed by atoms with E-state index in [1.807, 2.05) is 0 Å². The molecule has 2 N–H and O–H groups in total. The molecule has 2 rings (SSSR count). The van der Waals surface area contributed by atoms with E-state index in [2.05, 4.69) is 15.1 Å². The SMILES string of the molecule is C[n+]1[nH]oc(=O)c1SCCC(=O)Nc1ccccc1Cl. The lowest BCUT2D eigenvalue weighted by Gasteiger charge is -2.05. The fourth-order valence-electron chi connectivity index (χ4n) is 1.50. The number of hydrogen-bond acceptors (Lipinski definition) is 4. The summed E-state index contributed by atoms with van der Waals surface area (Å²) in [4.78, 5) is 23.1. The third kappa shape index (κ3) is 3.64. The summed E-state index contributed by atoms with van der Waals surface area (Å²) in [7, 11) is 1.66. The molecule has 0 atom stereocenters. The maximum absolute atomic E-state index is 11.8. The van der Waals surface area contributed by atoms with E-state index in [9.17, 15) is 9.59 Å². The van der Waals surface area contributed by atoms with Crippen molar-refractivity contribution in [2.24, 2.45) is 7.05 Å². The van der Waals surface area contributed by atoms with Crippen molar-refractivity contribution >= 4 is 35.0 Å². The van der Waals surface area contributed by atoms with Gasteiger partial charge in [0.15, 0.2) is 7.05 Å². The number of aromatic amines is 1. The molecule has 1 amide bonds. The normalized spacial score (nSPS) is 10.5. The molecular weight excluding hydrogens is 302 g/mol. The summed E-state index contributed by atoms with van der Waals surface area (Å²) in [6, 6.07) is 7.02. The Balaban J connectivity index is 1.85. The van der Waals surface area contributed by atoms with E-state index in [0.29, 0.717) is 21.5 Å². The minimum atomic E-state index is -0.441. The Morgan fingerprint density at radius 1 is 1.50 bits per heavy atom. The van der Waals surface area contributed by atoms with Gasteiger partial charge in [-0.05, 0) is 29.2 Å². The Labute approximate surface area is 124 Å². The van der Waals surface area contributed by atoms with Crippen molar-refractivity contribution in [1.82, 2.24) is 5.27 Å². The largest absolute Gasteiger partial charge is 0.441 e. The van der Waals surface area contributed by atoms with Crippen LogP contribution < -0.4 is 15.6 Å². The van der Waals surface area contributed by atoms with E-state index < -0.39 is 5.63 Å². The van der Waals surface area contributed by atoms with E-state index >= 15 is 0 Å². The Morgan fingerprint density at radius 3 is 2.90 bits per heavy atom. The molecule has 0 radical (unpaired) electrons. The van der Waals surface area contributed by atoms with Crippen LogP contribution in [-0.2, 0) is 11.8 Å². The van der Waals surface area contributed by atoms with Gasteiger partial charge in [0.2, 0.25) is 5.91 Å². The van der Waals surface area contributed by atoms with Gasteiger partial charge in [0.25, 0.3) is 0 Å². The molecule has 0 unspecified atom stereocenters. The Hall–Kier alpha value is -1.73. The molecule has 1 heterocycles. The first-order valence-electron chi connectivity index (χ1n) is 5.82. The summed E-state index contributed by atoms with van der Waals surface area (Å²) in [5, 5.41) is 6.05. The van der Waals surface area contributed by atoms with Crippen LogP contribution in [0.4, 0.5) is 5.69 Å². The zero-order valence-electron chi connectivity index (χ0n) is 10.7. The number of benzene rings is 1. The van der Waals surface area contributed by atoms with Gasteiger partial charge in [-0.15, -0.1) is 0 Å². The van der Waals surface area contributed by atoms with Crippen LogP contribution in [0.15, 0.2) is 38.6 Å². The maximum atomic E-state index is 11.8. The van der Waals surface area contributed by atoms with E-state index in [4.69, 9.17) is 11.6 Å². The number of carbonyl (C=O) groups is 1. The number of anilines is 1. The summed E-state index contributed by atoms with van der Waals surface area (Å²) in [5.74, 6) is 0.306. The van der Waals surface area contributed by atoms with Crippen LogP contribution in [0, 0.1) is 0 Å². The van der Waals surface area contributed by atoms with E-state index in [1.54, 1.807) is 31.3 Å². The number of aromatic nitrogens is 2. The number of hydrogen-bond donors (Lipinski definition) is 2. The number of aryl methyl sites for hydroxylation is 1. The molecule has 0 spiro atoms. The van der Waals surface area contributed by atoms with Crippen molar-refractivity contribution in [1.29, 1.82) is 0 Å². The number of H-pyrrole nitrogens is 1. The van der Waals surface area contributed by atoms with Gasteiger partial charge in [0.1, 0.15) is 0 Å². The van der Waals surface area contributed by atoms with Gasteiger partial charge in [-0.3, -0.25) is 9.32 Å². The first-order valence-corrected chi connectivity index (χ1v) is 7.19. The molecule has 8 heteroatoms. The Bertz CT molecular complexity index is 668. The van der Waals surface area contributed by atoms with Gasteiger partial charge in [0, 0.05) is 12.2 Å². The molecule has 1 aromatic heterocycles. The molecule has 0 saturated carbocycles. The fraction of sp³-hybridized carbons (Fsp3) is 0.250. The lowest BCUT2D eigenvalue weighted by molar-refractivity contribution is -0.772. The zero-order chi connectivity index (χ0) is 14.5. The fourth-order valence-corrected chi connectivity index (χ4v) is 2.56. The molecule has 0 aliphatic rings. The number of rotatable bonds is 5. The van der Waals surface area contributed by atoms with Crippen molar-refractivity contribution in [3.05, 3.63) is 39.7 Å². The quantitative estimate of drug-likeness (QED) is 0.648.